The maximum absolute atomic E-state index is 11.0. The highest BCUT2D eigenvalue weighted by Crippen LogP contribution is 2.37. The van der Waals surface area contributed by atoms with Gasteiger partial charge < -0.3 is 20.1 Å². The zero-order chi connectivity index (χ0) is 25.6. The van der Waals surface area contributed by atoms with Crippen molar-refractivity contribution in [2.24, 2.45) is 0 Å². The molecule has 0 aromatic heterocycles. The summed E-state index contributed by atoms with van der Waals surface area (Å²) in [6.45, 7) is -0.160. The molecule has 0 saturated heterocycles. The highest BCUT2D eigenvalue weighted by Gasteiger charge is 2.15. The number of unbranched alkanes of at least 4 members (excludes halogenated alkanes) is 11. The zero-order valence-electron chi connectivity index (χ0n) is 21.0. The number of nitrogens with one attached hydrogen (secondary N) is 1. The molecular weight excluding hydrogens is 483 g/mol. The standard InChI is InChI=1S/C25H42BN2O5S2/c1-33-26-27-22(21-29)24(30)18-13-11-9-7-5-3-2-4-6-8-10-12-16-20-34-35-25-19-15-14-17-23(25)28(31)32/h13-15,17-19,22,24,27,29-30H,2-12,16,20-21H2,1H3/b18-13+/t22-,24+/m0/s1. The third kappa shape index (κ3) is 16.4. The van der Waals surface area contributed by atoms with Gasteiger partial charge in [0.05, 0.1) is 28.6 Å². The minimum absolute atomic E-state index is 0.160. The molecule has 35 heavy (non-hydrogen) atoms. The Kier molecular flexibility index (Phi) is 20.3. The van der Waals surface area contributed by atoms with E-state index in [0.29, 0.717) is 0 Å². The first-order chi connectivity index (χ1) is 17.1. The number of hydrogen-bond donors (Lipinski definition) is 3. The summed E-state index contributed by atoms with van der Waals surface area (Å²) in [6, 6.07) is 6.48. The van der Waals surface area contributed by atoms with Crippen LogP contribution < -0.4 is 5.23 Å². The number of benzene rings is 1. The summed E-state index contributed by atoms with van der Waals surface area (Å²) in [5, 5.41) is 33.1. The third-order valence-corrected chi connectivity index (χ3v) is 8.14. The Balaban J connectivity index is 1.88. The second-order valence-electron chi connectivity index (χ2n) is 8.54. The summed E-state index contributed by atoms with van der Waals surface area (Å²) in [5.74, 6) is 1.02. The smallest absolute Gasteiger partial charge is 0.395 e. The molecule has 1 rings (SSSR count). The minimum atomic E-state index is -0.734. The van der Waals surface area contributed by atoms with Gasteiger partial charge >= 0.3 is 7.62 Å². The van der Waals surface area contributed by atoms with E-state index >= 15 is 0 Å². The van der Waals surface area contributed by atoms with E-state index in [9.17, 15) is 20.3 Å². The fraction of sp³-hybridized carbons (Fsp3) is 0.680. The van der Waals surface area contributed by atoms with E-state index in [1.54, 1.807) is 29.0 Å². The average molecular weight is 526 g/mol. The molecule has 3 N–H and O–H groups in total. The molecule has 1 aromatic carbocycles. The second kappa shape index (κ2) is 22.2. The van der Waals surface area contributed by atoms with Crippen LogP contribution in [0.25, 0.3) is 0 Å². The molecule has 0 fully saturated rings. The number of aliphatic hydroxyl groups is 2. The molecule has 1 aromatic rings. The highest BCUT2D eigenvalue weighted by molar-refractivity contribution is 8.76. The van der Waals surface area contributed by atoms with Crippen LogP contribution in [0.3, 0.4) is 0 Å². The van der Waals surface area contributed by atoms with Crippen molar-refractivity contribution in [3.63, 3.8) is 0 Å². The van der Waals surface area contributed by atoms with Gasteiger partial charge in [-0.1, -0.05) is 104 Å². The number of aliphatic hydroxyl groups excluding tert-OH is 2. The lowest BCUT2D eigenvalue weighted by Crippen LogP contribution is -2.44. The van der Waals surface area contributed by atoms with E-state index in [4.69, 9.17) is 4.65 Å². The van der Waals surface area contributed by atoms with Gasteiger partial charge in [-0.25, -0.2) is 0 Å². The molecular formula is C25H42BN2O5S2. The number of nitro groups is 1. The Bertz CT molecular complexity index is 700. The molecule has 0 amide bonds. The van der Waals surface area contributed by atoms with E-state index in [2.05, 4.69) is 5.23 Å². The van der Waals surface area contributed by atoms with Crippen LogP contribution in [0.1, 0.15) is 77.0 Å². The van der Waals surface area contributed by atoms with E-state index in [0.717, 1.165) is 29.9 Å². The topological polar surface area (TPSA) is 105 Å². The molecule has 0 aliphatic heterocycles. The van der Waals surface area contributed by atoms with E-state index in [-0.39, 0.29) is 17.2 Å². The van der Waals surface area contributed by atoms with Gasteiger partial charge in [-0.2, -0.15) is 0 Å². The van der Waals surface area contributed by atoms with Gasteiger partial charge in [0.1, 0.15) is 0 Å². The average Bonchev–Trinajstić information content (AvgIpc) is 2.86. The van der Waals surface area contributed by atoms with Crippen molar-refractivity contribution in [3.05, 3.63) is 46.5 Å². The molecule has 1 radical (unpaired) electrons. The number of para-hydroxylation sites is 1. The number of nitrogens with zero attached hydrogens (tertiary/aromatic N) is 1. The molecule has 0 bridgehead atoms. The first kappa shape index (κ1) is 32.0. The van der Waals surface area contributed by atoms with Crippen molar-refractivity contribution in [3.8, 4) is 0 Å². The fourth-order valence-corrected chi connectivity index (χ4v) is 5.88. The summed E-state index contributed by atoms with van der Waals surface area (Å²) in [4.78, 5) is 11.4. The molecule has 0 unspecified atom stereocenters. The Morgan fingerprint density at radius 2 is 1.66 bits per heavy atom. The van der Waals surface area contributed by atoms with Crippen LogP contribution in [-0.2, 0) is 4.65 Å². The predicted molar refractivity (Wildman–Crippen MR) is 149 cm³/mol. The molecule has 2 atom stereocenters. The Labute approximate surface area is 219 Å². The van der Waals surface area contributed by atoms with Crippen molar-refractivity contribution >= 4 is 34.9 Å². The van der Waals surface area contributed by atoms with Crippen molar-refractivity contribution in [1.29, 1.82) is 0 Å². The lowest BCUT2D eigenvalue weighted by atomic mass is 10.0. The van der Waals surface area contributed by atoms with Crippen LogP contribution in [0, 0.1) is 10.1 Å². The van der Waals surface area contributed by atoms with Crippen LogP contribution in [0.2, 0.25) is 0 Å². The summed E-state index contributed by atoms with van der Waals surface area (Å²) >= 11 is 0. The van der Waals surface area contributed by atoms with Gasteiger partial charge in [-0.05, 0) is 25.3 Å². The molecule has 197 valence electrons. The van der Waals surface area contributed by atoms with E-state index in [1.807, 2.05) is 18.2 Å². The van der Waals surface area contributed by atoms with Crippen LogP contribution in [0.4, 0.5) is 5.69 Å². The molecule has 0 aliphatic rings. The molecule has 0 saturated carbocycles. The third-order valence-electron chi connectivity index (χ3n) is 5.65. The fourth-order valence-electron chi connectivity index (χ4n) is 3.58. The van der Waals surface area contributed by atoms with Gasteiger partial charge in [0.15, 0.2) is 0 Å². The Morgan fingerprint density at radius 3 is 2.26 bits per heavy atom. The van der Waals surface area contributed by atoms with Gasteiger partial charge in [0, 0.05) is 18.9 Å². The summed E-state index contributed by atoms with van der Waals surface area (Å²) in [6.07, 6.45) is 17.7. The van der Waals surface area contributed by atoms with Gasteiger partial charge in [0.2, 0.25) is 0 Å². The predicted octanol–water partition coefficient (Wildman–Crippen LogP) is 6.06. The molecule has 0 aliphatic carbocycles. The van der Waals surface area contributed by atoms with Crippen molar-refractivity contribution in [2.45, 2.75) is 94.1 Å². The van der Waals surface area contributed by atoms with Crippen molar-refractivity contribution in [1.82, 2.24) is 5.23 Å². The van der Waals surface area contributed by atoms with Crippen molar-refractivity contribution in [2.75, 3.05) is 19.5 Å². The highest BCUT2D eigenvalue weighted by atomic mass is 33.1. The molecule has 10 heteroatoms. The SMILES string of the molecule is CO[B]N[C@@H](CO)[C@H](O)/C=C/CCCCCCCCCCCCCSSc1ccccc1[N+](=O)[O-]. The molecule has 0 heterocycles. The maximum Gasteiger partial charge on any atom is 0.395 e. The number of rotatable bonds is 23. The van der Waals surface area contributed by atoms with Crippen LogP contribution in [0.15, 0.2) is 41.3 Å². The molecule has 7 nitrogen and oxygen atoms in total. The largest absolute Gasteiger partial charge is 0.427 e. The normalized spacial score (nSPS) is 13.2. The van der Waals surface area contributed by atoms with E-state index in [1.165, 1.54) is 83.3 Å². The Morgan fingerprint density at radius 1 is 1.06 bits per heavy atom. The summed E-state index contributed by atoms with van der Waals surface area (Å²) in [5.41, 5.74) is 0.194. The number of allylic oxidation sites excluding steroid dienone is 1. The van der Waals surface area contributed by atoms with E-state index < -0.39 is 12.1 Å². The van der Waals surface area contributed by atoms with Crippen LogP contribution >= 0.6 is 21.6 Å². The lowest BCUT2D eigenvalue weighted by molar-refractivity contribution is -0.387. The zero-order valence-corrected chi connectivity index (χ0v) is 22.6. The lowest BCUT2D eigenvalue weighted by Gasteiger charge is -2.18. The number of nitro benzene ring substituents is 1. The minimum Gasteiger partial charge on any atom is -0.427 e. The van der Waals surface area contributed by atoms with Gasteiger partial charge in [-0.15, -0.1) is 0 Å². The molecule has 0 spiro atoms. The van der Waals surface area contributed by atoms with Gasteiger partial charge in [-0.3, -0.25) is 10.1 Å². The second-order valence-corrected chi connectivity index (χ2v) is 11.0. The van der Waals surface area contributed by atoms with Gasteiger partial charge in [0.25, 0.3) is 5.69 Å². The number of hydrogen-bond acceptors (Lipinski definition) is 8. The first-order valence-corrected chi connectivity index (χ1v) is 15.0. The summed E-state index contributed by atoms with van der Waals surface area (Å²) in [7, 11) is 6.09. The summed E-state index contributed by atoms with van der Waals surface area (Å²) < 4.78 is 4.78. The van der Waals surface area contributed by atoms with Crippen molar-refractivity contribution < 1.29 is 19.8 Å². The Hall–Kier alpha value is -1.04. The van der Waals surface area contributed by atoms with Crippen LogP contribution in [-0.4, -0.2) is 54.4 Å². The van der Waals surface area contributed by atoms with Crippen LogP contribution in [0.5, 0.6) is 0 Å². The maximum atomic E-state index is 11.0. The monoisotopic (exact) mass is 525 g/mol. The first-order valence-electron chi connectivity index (χ1n) is 12.7. The quantitative estimate of drug-likeness (QED) is 0.0395.